The predicted molar refractivity (Wildman–Crippen MR) is 255 cm³/mol. The fourth-order valence-electron chi connectivity index (χ4n) is 9.08. The van der Waals surface area contributed by atoms with Crippen molar-refractivity contribution < 1.29 is 8.83 Å². The molecule has 0 aliphatic carbocycles. The summed E-state index contributed by atoms with van der Waals surface area (Å²) in [6, 6.07) is 80.0. The van der Waals surface area contributed by atoms with Gasteiger partial charge in [0.05, 0.1) is 0 Å². The minimum atomic E-state index is 0.895. The molecule has 12 rings (SSSR count). The van der Waals surface area contributed by atoms with Gasteiger partial charge in [0, 0.05) is 38.6 Å². The second-order valence-corrected chi connectivity index (χ2v) is 15.7. The molecule has 0 N–H and O–H groups in total. The molecule has 3 nitrogen and oxygen atoms in total. The van der Waals surface area contributed by atoms with Crippen molar-refractivity contribution in [2.45, 2.75) is 0 Å². The van der Waals surface area contributed by atoms with Gasteiger partial charge in [0.2, 0.25) is 0 Å². The number of fused-ring (bicyclic) bond motifs is 7. The second-order valence-electron chi connectivity index (χ2n) is 15.7. The topological polar surface area (TPSA) is 29.5 Å². The van der Waals surface area contributed by atoms with Crippen LogP contribution in [0.3, 0.4) is 0 Å². The van der Waals surface area contributed by atoms with Gasteiger partial charge in [-0.25, -0.2) is 0 Å². The molecule has 0 amide bonds. The lowest BCUT2D eigenvalue weighted by atomic mass is 9.96. The third-order valence-corrected chi connectivity index (χ3v) is 12.1. The maximum absolute atomic E-state index is 6.24. The van der Waals surface area contributed by atoms with Gasteiger partial charge >= 0.3 is 0 Å². The monoisotopic (exact) mass is 779 g/mol. The maximum atomic E-state index is 6.24. The molecular weight excluding hydrogens is 743 g/mol. The normalized spacial score (nSPS) is 11.6. The lowest BCUT2D eigenvalue weighted by Crippen LogP contribution is -2.09. The Kier molecular flexibility index (Phi) is 8.17. The Morgan fingerprint density at radius 2 is 0.689 bits per heavy atom. The molecule has 61 heavy (non-hydrogen) atoms. The molecule has 0 aliphatic rings. The van der Waals surface area contributed by atoms with E-state index < -0.39 is 0 Å². The van der Waals surface area contributed by atoms with Crippen LogP contribution in [0.4, 0.5) is 17.1 Å². The molecule has 0 saturated heterocycles. The van der Waals surface area contributed by atoms with Crippen molar-refractivity contribution in [1.82, 2.24) is 0 Å². The summed E-state index contributed by atoms with van der Waals surface area (Å²) >= 11 is 0. The van der Waals surface area contributed by atoms with E-state index in [1.165, 1.54) is 33.0 Å². The quantitative estimate of drug-likeness (QED) is 0.161. The van der Waals surface area contributed by atoms with E-state index in [4.69, 9.17) is 8.83 Å². The number of hydrogen-bond acceptors (Lipinski definition) is 3. The third kappa shape index (κ3) is 6.06. The van der Waals surface area contributed by atoms with Gasteiger partial charge in [-0.05, 0) is 122 Å². The summed E-state index contributed by atoms with van der Waals surface area (Å²) in [5.41, 5.74) is 16.1. The van der Waals surface area contributed by atoms with Crippen LogP contribution in [0.15, 0.2) is 233 Å². The van der Waals surface area contributed by atoms with E-state index >= 15 is 0 Å². The van der Waals surface area contributed by atoms with Crippen LogP contribution in [0.5, 0.6) is 0 Å². The first-order valence-corrected chi connectivity index (χ1v) is 20.7. The van der Waals surface area contributed by atoms with Crippen molar-refractivity contribution in [1.29, 1.82) is 0 Å². The van der Waals surface area contributed by atoms with Crippen molar-refractivity contribution in [3.05, 3.63) is 224 Å². The zero-order chi connectivity index (χ0) is 40.3. The van der Waals surface area contributed by atoms with Crippen molar-refractivity contribution >= 4 is 71.7 Å². The van der Waals surface area contributed by atoms with Gasteiger partial charge in [0.15, 0.2) is 0 Å². The Bertz CT molecular complexity index is 3550. The Labute approximate surface area is 353 Å². The Balaban J connectivity index is 0.904. The van der Waals surface area contributed by atoms with Crippen molar-refractivity contribution in [2.24, 2.45) is 0 Å². The van der Waals surface area contributed by atoms with Gasteiger partial charge in [0.25, 0.3) is 0 Å². The molecule has 0 unspecified atom stereocenters. The minimum Gasteiger partial charge on any atom is -0.456 e. The zero-order valence-electron chi connectivity index (χ0n) is 33.1. The summed E-state index contributed by atoms with van der Waals surface area (Å²) in [6.45, 7) is 0. The number of benzene rings is 10. The van der Waals surface area contributed by atoms with Gasteiger partial charge in [0.1, 0.15) is 22.3 Å². The van der Waals surface area contributed by atoms with Crippen LogP contribution in [0.2, 0.25) is 0 Å². The Morgan fingerprint density at radius 3 is 1.39 bits per heavy atom. The molecule has 2 heterocycles. The van der Waals surface area contributed by atoms with Crippen LogP contribution >= 0.6 is 0 Å². The summed E-state index contributed by atoms with van der Waals surface area (Å²) in [4.78, 5) is 2.33. The average Bonchev–Trinajstić information content (AvgIpc) is 3.91. The van der Waals surface area contributed by atoms with Gasteiger partial charge in [-0.3, -0.25) is 0 Å². The number of nitrogens with zero attached hydrogens (tertiary/aromatic N) is 1. The number of furan rings is 2. The van der Waals surface area contributed by atoms with Crippen LogP contribution in [0.1, 0.15) is 0 Å². The number of rotatable bonds is 7. The van der Waals surface area contributed by atoms with Crippen LogP contribution < -0.4 is 4.90 Å². The van der Waals surface area contributed by atoms with E-state index in [0.29, 0.717) is 0 Å². The van der Waals surface area contributed by atoms with E-state index in [-0.39, 0.29) is 0 Å². The SMILES string of the molecule is c1ccc2c(-c3ccc(-c4ccc(N(c5ccc(-c6ccc7c(c6)oc6ccccc67)cc5)c5ccc(-c6cccc7oc8ccccc8c67)cc5)cc4)cc3)cccc2c1. The molecule has 12 aromatic rings. The van der Waals surface area contributed by atoms with Crippen molar-refractivity contribution in [3.63, 3.8) is 0 Å². The fourth-order valence-corrected chi connectivity index (χ4v) is 9.08. The number of anilines is 3. The third-order valence-electron chi connectivity index (χ3n) is 12.1. The summed E-state index contributed by atoms with van der Waals surface area (Å²) in [7, 11) is 0. The van der Waals surface area contributed by atoms with Gasteiger partial charge in [-0.2, -0.15) is 0 Å². The lowest BCUT2D eigenvalue weighted by molar-refractivity contribution is 0.668. The van der Waals surface area contributed by atoms with Gasteiger partial charge in [-0.15, -0.1) is 0 Å². The minimum absolute atomic E-state index is 0.895. The first-order valence-electron chi connectivity index (χ1n) is 20.7. The summed E-state index contributed by atoms with van der Waals surface area (Å²) < 4.78 is 12.5. The van der Waals surface area contributed by atoms with Crippen LogP contribution in [-0.4, -0.2) is 0 Å². The molecule has 10 aromatic carbocycles. The maximum Gasteiger partial charge on any atom is 0.136 e. The molecule has 3 heteroatoms. The number of para-hydroxylation sites is 2. The van der Waals surface area contributed by atoms with Crippen molar-refractivity contribution in [3.8, 4) is 44.5 Å². The number of hydrogen-bond donors (Lipinski definition) is 0. The van der Waals surface area contributed by atoms with E-state index in [0.717, 1.165) is 83.2 Å². The molecule has 0 fully saturated rings. The smallest absolute Gasteiger partial charge is 0.136 e. The van der Waals surface area contributed by atoms with Crippen LogP contribution in [0.25, 0.3) is 99.2 Å². The van der Waals surface area contributed by atoms with E-state index in [2.05, 4.69) is 205 Å². The largest absolute Gasteiger partial charge is 0.456 e. The molecule has 0 radical (unpaired) electrons. The molecule has 0 atom stereocenters. The average molecular weight is 780 g/mol. The lowest BCUT2D eigenvalue weighted by Gasteiger charge is -2.26. The highest BCUT2D eigenvalue weighted by molar-refractivity contribution is 6.12. The molecule has 0 spiro atoms. The Morgan fingerprint density at radius 1 is 0.262 bits per heavy atom. The van der Waals surface area contributed by atoms with Crippen LogP contribution in [-0.2, 0) is 0 Å². The molecule has 0 bridgehead atoms. The van der Waals surface area contributed by atoms with Gasteiger partial charge in [-0.1, -0.05) is 158 Å². The highest BCUT2D eigenvalue weighted by Crippen LogP contribution is 2.41. The molecule has 286 valence electrons. The fraction of sp³-hybridized carbons (Fsp3) is 0. The summed E-state index contributed by atoms with van der Waals surface area (Å²) in [5, 5.41) is 7.05. The predicted octanol–water partition coefficient (Wildman–Crippen LogP) is 16.8. The summed E-state index contributed by atoms with van der Waals surface area (Å²) in [5.74, 6) is 0. The first kappa shape index (κ1) is 34.9. The second kappa shape index (κ2) is 14.3. The molecule has 0 saturated carbocycles. The molecule has 2 aromatic heterocycles. The van der Waals surface area contributed by atoms with E-state index in [1.54, 1.807) is 0 Å². The first-order chi connectivity index (χ1) is 30.2. The van der Waals surface area contributed by atoms with Gasteiger partial charge < -0.3 is 13.7 Å². The van der Waals surface area contributed by atoms with E-state index in [9.17, 15) is 0 Å². The highest BCUT2D eigenvalue weighted by Gasteiger charge is 2.17. The van der Waals surface area contributed by atoms with Crippen molar-refractivity contribution in [2.75, 3.05) is 4.90 Å². The van der Waals surface area contributed by atoms with Crippen LogP contribution in [0, 0.1) is 0 Å². The standard InChI is InChI=1S/C58H37NO2/c1-2-11-48-41(9-1)10-7-14-49(48)42-21-19-38(20-22-42)39-23-30-45(31-24-39)59(46-32-25-40(26-33-46)44-29-36-52-51-12-3-5-16-54(51)61-57(52)37-44)47-34-27-43(28-35-47)50-15-8-18-56-58(50)53-13-4-6-17-55(53)60-56/h1-37H. The molecular formula is C58H37NO2. The zero-order valence-corrected chi connectivity index (χ0v) is 33.1. The molecule has 0 aliphatic heterocycles. The summed E-state index contributed by atoms with van der Waals surface area (Å²) in [6.07, 6.45) is 0. The Hall–Kier alpha value is -8.14. The highest BCUT2D eigenvalue weighted by atomic mass is 16.3. The van der Waals surface area contributed by atoms with E-state index in [1.807, 2.05) is 24.3 Å².